The van der Waals surface area contributed by atoms with Crippen LogP contribution in [0.4, 0.5) is 11.8 Å². The molecule has 2 aromatic rings. The Labute approximate surface area is 175 Å². The van der Waals surface area contributed by atoms with Crippen LogP contribution in [0.5, 0.6) is 0 Å². The van der Waals surface area contributed by atoms with Crippen LogP contribution in [0.1, 0.15) is 18.4 Å². The number of aromatic nitrogens is 2. The van der Waals surface area contributed by atoms with E-state index in [0.29, 0.717) is 6.04 Å². The number of anilines is 2. The lowest BCUT2D eigenvalue weighted by atomic mass is 10.0. The van der Waals surface area contributed by atoms with Gasteiger partial charge in [-0.1, -0.05) is 29.3 Å². The lowest BCUT2D eigenvalue weighted by Crippen LogP contribution is -2.42. The number of hydrogen-bond donors (Lipinski definition) is 1. The van der Waals surface area contributed by atoms with Crippen LogP contribution >= 0.6 is 23.2 Å². The molecule has 1 aromatic heterocycles. The number of ether oxygens (including phenoxy) is 1. The van der Waals surface area contributed by atoms with Crippen LogP contribution in [0.15, 0.2) is 30.5 Å². The SMILES string of the molecule is Clc1cccc(Cl)c1CN1CCCC(Nc2ccnc(N3CCOCC3)n2)C1. The number of nitrogens with zero attached hydrogens (tertiary/aromatic N) is 4. The number of piperidine rings is 1. The number of benzene rings is 1. The number of hydrogen-bond acceptors (Lipinski definition) is 6. The van der Waals surface area contributed by atoms with Crippen molar-refractivity contribution >= 4 is 35.0 Å². The zero-order chi connectivity index (χ0) is 19.3. The summed E-state index contributed by atoms with van der Waals surface area (Å²) in [5, 5.41) is 5.05. The first-order chi connectivity index (χ1) is 13.7. The van der Waals surface area contributed by atoms with Crippen molar-refractivity contribution in [2.45, 2.75) is 25.4 Å². The summed E-state index contributed by atoms with van der Waals surface area (Å²) in [7, 11) is 0. The van der Waals surface area contributed by atoms with Crippen molar-refractivity contribution in [1.82, 2.24) is 14.9 Å². The van der Waals surface area contributed by atoms with E-state index in [1.54, 1.807) is 0 Å². The molecule has 6 nitrogen and oxygen atoms in total. The predicted molar refractivity (Wildman–Crippen MR) is 113 cm³/mol. The normalized spacial score (nSPS) is 20.9. The van der Waals surface area contributed by atoms with E-state index in [4.69, 9.17) is 32.9 Å². The number of halogens is 2. The van der Waals surface area contributed by atoms with Gasteiger partial charge in [0, 0.05) is 54.0 Å². The van der Waals surface area contributed by atoms with Gasteiger partial charge in [0.2, 0.25) is 5.95 Å². The van der Waals surface area contributed by atoms with Gasteiger partial charge >= 0.3 is 0 Å². The van der Waals surface area contributed by atoms with Crippen LogP contribution in [-0.4, -0.2) is 60.3 Å². The molecular weight excluding hydrogens is 397 g/mol. The minimum absolute atomic E-state index is 0.336. The highest BCUT2D eigenvalue weighted by Gasteiger charge is 2.22. The number of likely N-dealkylation sites (tertiary alicyclic amines) is 1. The van der Waals surface area contributed by atoms with E-state index in [9.17, 15) is 0 Å². The van der Waals surface area contributed by atoms with E-state index in [0.717, 1.165) is 86.2 Å². The molecule has 1 atom stereocenters. The third-order valence-corrected chi connectivity index (χ3v) is 5.95. The molecule has 1 N–H and O–H groups in total. The predicted octanol–water partition coefficient (Wildman–Crippen LogP) is 3.70. The van der Waals surface area contributed by atoms with Crippen molar-refractivity contribution in [3.8, 4) is 0 Å². The molecule has 0 amide bonds. The minimum Gasteiger partial charge on any atom is -0.378 e. The van der Waals surface area contributed by atoms with E-state index in [1.807, 2.05) is 30.5 Å². The molecule has 0 spiro atoms. The maximum atomic E-state index is 6.35. The Balaban J connectivity index is 1.39. The van der Waals surface area contributed by atoms with Gasteiger partial charge < -0.3 is 15.0 Å². The Morgan fingerprint density at radius 1 is 1.11 bits per heavy atom. The van der Waals surface area contributed by atoms with Crippen LogP contribution in [0.25, 0.3) is 0 Å². The summed E-state index contributed by atoms with van der Waals surface area (Å²) in [5.74, 6) is 1.64. The number of nitrogens with one attached hydrogen (secondary N) is 1. The summed E-state index contributed by atoms with van der Waals surface area (Å²) < 4.78 is 5.41. The second-order valence-corrected chi connectivity index (χ2v) is 8.07. The number of morpholine rings is 1. The van der Waals surface area contributed by atoms with Gasteiger partial charge in [-0.05, 0) is 37.6 Å². The summed E-state index contributed by atoms with van der Waals surface area (Å²) in [6.07, 6.45) is 4.06. The Kier molecular flexibility index (Phi) is 6.52. The highest BCUT2D eigenvalue weighted by atomic mass is 35.5. The molecule has 2 aliphatic heterocycles. The smallest absolute Gasteiger partial charge is 0.227 e. The Morgan fingerprint density at radius 3 is 2.68 bits per heavy atom. The van der Waals surface area contributed by atoms with Gasteiger partial charge in [0.1, 0.15) is 5.82 Å². The largest absolute Gasteiger partial charge is 0.378 e. The van der Waals surface area contributed by atoms with Crippen LogP contribution in [0.3, 0.4) is 0 Å². The molecule has 0 bridgehead atoms. The van der Waals surface area contributed by atoms with Crippen molar-refractivity contribution in [2.24, 2.45) is 0 Å². The highest BCUT2D eigenvalue weighted by molar-refractivity contribution is 6.35. The summed E-state index contributed by atoms with van der Waals surface area (Å²) >= 11 is 12.7. The number of rotatable bonds is 5. The van der Waals surface area contributed by atoms with Crippen LogP contribution in [-0.2, 0) is 11.3 Å². The van der Waals surface area contributed by atoms with Gasteiger partial charge in [0.05, 0.1) is 13.2 Å². The van der Waals surface area contributed by atoms with Crippen molar-refractivity contribution in [1.29, 1.82) is 0 Å². The summed E-state index contributed by atoms with van der Waals surface area (Å²) in [5.41, 5.74) is 1.00. The van der Waals surface area contributed by atoms with Crippen molar-refractivity contribution in [3.63, 3.8) is 0 Å². The van der Waals surface area contributed by atoms with E-state index in [2.05, 4.69) is 20.1 Å². The molecule has 0 saturated carbocycles. The summed E-state index contributed by atoms with van der Waals surface area (Å²) in [4.78, 5) is 13.7. The Morgan fingerprint density at radius 2 is 1.89 bits per heavy atom. The Hall–Kier alpha value is -1.60. The lowest BCUT2D eigenvalue weighted by Gasteiger charge is -2.34. The maximum absolute atomic E-state index is 6.35. The molecule has 8 heteroatoms. The fraction of sp³-hybridized carbons (Fsp3) is 0.500. The van der Waals surface area contributed by atoms with E-state index in [1.165, 1.54) is 0 Å². The zero-order valence-electron chi connectivity index (χ0n) is 15.8. The molecule has 150 valence electrons. The van der Waals surface area contributed by atoms with Crippen LogP contribution < -0.4 is 10.2 Å². The van der Waals surface area contributed by atoms with Crippen molar-refractivity contribution in [2.75, 3.05) is 49.6 Å². The van der Waals surface area contributed by atoms with Crippen molar-refractivity contribution in [3.05, 3.63) is 46.1 Å². The first-order valence-corrected chi connectivity index (χ1v) is 10.5. The summed E-state index contributed by atoms with van der Waals surface area (Å²) in [6.45, 7) is 5.85. The first-order valence-electron chi connectivity index (χ1n) is 9.76. The third kappa shape index (κ3) is 4.87. The first kappa shape index (κ1) is 19.7. The molecular formula is C20H25Cl2N5O. The van der Waals surface area contributed by atoms with Crippen molar-refractivity contribution < 1.29 is 4.74 Å². The lowest BCUT2D eigenvalue weighted by molar-refractivity contribution is 0.122. The van der Waals surface area contributed by atoms with Gasteiger partial charge in [0.25, 0.3) is 0 Å². The highest BCUT2D eigenvalue weighted by Crippen LogP contribution is 2.27. The summed E-state index contributed by atoms with van der Waals surface area (Å²) in [6, 6.07) is 7.96. The van der Waals surface area contributed by atoms with Gasteiger partial charge in [-0.2, -0.15) is 4.98 Å². The standard InChI is InChI=1S/C20H25Cl2N5O/c21-17-4-1-5-18(22)16(17)14-26-8-2-3-15(13-26)24-19-6-7-23-20(25-19)27-9-11-28-12-10-27/h1,4-7,15H,2-3,8-14H2,(H,23,24,25). The minimum atomic E-state index is 0.336. The van der Waals surface area contributed by atoms with Gasteiger partial charge in [-0.25, -0.2) is 4.98 Å². The van der Waals surface area contributed by atoms with Gasteiger partial charge in [0.15, 0.2) is 0 Å². The monoisotopic (exact) mass is 421 g/mol. The second kappa shape index (κ2) is 9.27. The molecule has 1 aromatic carbocycles. The molecule has 3 heterocycles. The molecule has 2 aliphatic rings. The van der Waals surface area contributed by atoms with E-state index >= 15 is 0 Å². The third-order valence-electron chi connectivity index (χ3n) is 5.24. The van der Waals surface area contributed by atoms with E-state index in [-0.39, 0.29) is 0 Å². The molecule has 4 rings (SSSR count). The molecule has 2 fully saturated rings. The zero-order valence-corrected chi connectivity index (χ0v) is 17.3. The molecule has 2 saturated heterocycles. The topological polar surface area (TPSA) is 53.5 Å². The molecule has 0 aliphatic carbocycles. The molecule has 28 heavy (non-hydrogen) atoms. The van der Waals surface area contributed by atoms with Crippen LogP contribution in [0, 0.1) is 0 Å². The average molecular weight is 422 g/mol. The Bertz CT molecular complexity index is 780. The van der Waals surface area contributed by atoms with Gasteiger partial charge in [-0.3, -0.25) is 4.90 Å². The van der Waals surface area contributed by atoms with Gasteiger partial charge in [-0.15, -0.1) is 0 Å². The average Bonchev–Trinajstić information content (AvgIpc) is 2.72. The molecule has 0 radical (unpaired) electrons. The second-order valence-electron chi connectivity index (χ2n) is 7.26. The fourth-order valence-corrected chi connectivity index (χ4v) is 4.29. The van der Waals surface area contributed by atoms with E-state index < -0.39 is 0 Å². The fourth-order valence-electron chi connectivity index (χ4n) is 3.78. The maximum Gasteiger partial charge on any atom is 0.227 e. The molecule has 1 unspecified atom stereocenters. The van der Waals surface area contributed by atoms with Crippen LogP contribution in [0.2, 0.25) is 10.0 Å². The quantitative estimate of drug-likeness (QED) is 0.793.